The van der Waals surface area contributed by atoms with Gasteiger partial charge in [0.2, 0.25) is 0 Å². The molecule has 0 bridgehead atoms. The quantitative estimate of drug-likeness (QED) is 0.694. The SMILES string of the molecule is C=CCN(CCO)C(=O)c1cc(CC)[nH]n1. The van der Waals surface area contributed by atoms with Gasteiger partial charge in [0, 0.05) is 18.8 Å². The molecule has 0 unspecified atom stereocenters. The van der Waals surface area contributed by atoms with Gasteiger partial charge >= 0.3 is 0 Å². The summed E-state index contributed by atoms with van der Waals surface area (Å²) in [7, 11) is 0. The molecule has 5 nitrogen and oxygen atoms in total. The fraction of sp³-hybridized carbons (Fsp3) is 0.455. The van der Waals surface area contributed by atoms with Crippen LogP contribution in [0.2, 0.25) is 0 Å². The highest BCUT2D eigenvalue weighted by Crippen LogP contribution is 2.04. The number of aliphatic hydroxyl groups is 1. The smallest absolute Gasteiger partial charge is 0.274 e. The summed E-state index contributed by atoms with van der Waals surface area (Å²) in [5.41, 5.74) is 1.30. The van der Waals surface area contributed by atoms with Crippen LogP contribution in [-0.2, 0) is 6.42 Å². The van der Waals surface area contributed by atoms with E-state index in [0.717, 1.165) is 12.1 Å². The number of hydrogen-bond acceptors (Lipinski definition) is 3. The van der Waals surface area contributed by atoms with Crippen LogP contribution in [0.1, 0.15) is 23.1 Å². The number of hydrogen-bond donors (Lipinski definition) is 2. The van der Waals surface area contributed by atoms with Crippen molar-refractivity contribution in [3.8, 4) is 0 Å². The van der Waals surface area contributed by atoms with Gasteiger partial charge in [-0.2, -0.15) is 5.10 Å². The Bertz CT molecular complexity index is 360. The number of amides is 1. The first-order valence-electron chi connectivity index (χ1n) is 5.28. The van der Waals surface area contributed by atoms with E-state index in [1.165, 1.54) is 4.90 Å². The summed E-state index contributed by atoms with van der Waals surface area (Å²) >= 11 is 0. The van der Waals surface area contributed by atoms with Crippen molar-refractivity contribution in [3.05, 3.63) is 30.1 Å². The summed E-state index contributed by atoms with van der Waals surface area (Å²) < 4.78 is 0. The standard InChI is InChI=1S/C11H17N3O2/c1-3-5-14(6-7-15)11(16)10-8-9(4-2)12-13-10/h3,8,15H,1,4-7H2,2H3,(H,12,13). The second-order valence-electron chi connectivity index (χ2n) is 3.40. The normalized spacial score (nSPS) is 10.1. The van der Waals surface area contributed by atoms with Crippen molar-refractivity contribution in [3.63, 3.8) is 0 Å². The minimum absolute atomic E-state index is 0.0648. The van der Waals surface area contributed by atoms with Crippen molar-refractivity contribution in [1.29, 1.82) is 0 Å². The lowest BCUT2D eigenvalue weighted by molar-refractivity contribution is 0.0737. The zero-order valence-corrected chi connectivity index (χ0v) is 9.44. The molecule has 0 saturated heterocycles. The van der Waals surface area contributed by atoms with Crippen molar-refractivity contribution in [2.75, 3.05) is 19.7 Å². The zero-order chi connectivity index (χ0) is 12.0. The molecule has 1 amide bonds. The van der Waals surface area contributed by atoms with Crippen molar-refractivity contribution in [2.45, 2.75) is 13.3 Å². The first-order chi connectivity index (χ1) is 7.72. The van der Waals surface area contributed by atoms with E-state index in [4.69, 9.17) is 5.11 Å². The summed E-state index contributed by atoms with van der Waals surface area (Å²) in [4.78, 5) is 13.4. The van der Waals surface area contributed by atoms with Gasteiger partial charge in [-0.25, -0.2) is 0 Å². The third-order valence-corrected chi connectivity index (χ3v) is 2.24. The van der Waals surface area contributed by atoms with E-state index in [0.29, 0.717) is 18.8 Å². The second-order valence-corrected chi connectivity index (χ2v) is 3.40. The highest BCUT2D eigenvalue weighted by Gasteiger charge is 2.16. The fourth-order valence-corrected chi connectivity index (χ4v) is 1.37. The number of nitrogens with one attached hydrogen (secondary N) is 1. The summed E-state index contributed by atoms with van der Waals surface area (Å²) in [6.07, 6.45) is 2.43. The van der Waals surface area contributed by atoms with Crippen LogP contribution in [-0.4, -0.2) is 45.8 Å². The number of aliphatic hydroxyl groups excluding tert-OH is 1. The van der Waals surface area contributed by atoms with Crippen LogP contribution in [0.25, 0.3) is 0 Å². The van der Waals surface area contributed by atoms with Crippen LogP contribution >= 0.6 is 0 Å². The lowest BCUT2D eigenvalue weighted by atomic mass is 10.3. The topological polar surface area (TPSA) is 69.2 Å². The Labute approximate surface area is 94.8 Å². The van der Waals surface area contributed by atoms with Crippen LogP contribution in [0.3, 0.4) is 0 Å². The van der Waals surface area contributed by atoms with Crippen LogP contribution < -0.4 is 0 Å². The number of aromatic nitrogens is 2. The summed E-state index contributed by atoms with van der Waals surface area (Å²) in [6.45, 7) is 6.20. The molecule has 0 aromatic carbocycles. The van der Waals surface area contributed by atoms with Gasteiger partial charge in [-0.05, 0) is 12.5 Å². The van der Waals surface area contributed by atoms with Gasteiger partial charge in [-0.15, -0.1) is 6.58 Å². The van der Waals surface area contributed by atoms with Gasteiger partial charge < -0.3 is 10.0 Å². The molecule has 0 fully saturated rings. The average molecular weight is 223 g/mol. The van der Waals surface area contributed by atoms with Gasteiger partial charge in [-0.1, -0.05) is 13.0 Å². The van der Waals surface area contributed by atoms with Gasteiger partial charge in [0.1, 0.15) is 5.69 Å². The molecule has 1 heterocycles. The van der Waals surface area contributed by atoms with Gasteiger partial charge in [0.05, 0.1) is 6.61 Å². The van der Waals surface area contributed by atoms with Gasteiger partial charge in [0.15, 0.2) is 0 Å². The molecule has 1 aromatic rings. The maximum atomic E-state index is 11.9. The first-order valence-corrected chi connectivity index (χ1v) is 5.28. The molecule has 1 aromatic heterocycles. The Balaban J connectivity index is 2.76. The molecule has 0 aliphatic heterocycles. The minimum atomic E-state index is -0.190. The van der Waals surface area contributed by atoms with Crippen molar-refractivity contribution in [1.82, 2.24) is 15.1 Å². The molecule has 88 valence electrons. The number of nitrogens with zero attached hydrogens (tertiary/aromatic N) is 2. The van der Waals surface area contributed by atoms with E-state index in [-0.39, 0.29) is 12.5 Å². The number of carbonyl (C=O) groups excluding carboxylic acids is 1. The van der Waals surface area contributed by atoms with Crippen LogP contribution in [0.5, 0.6) is 0 Å². The Morgan fingerprint density at radius 3 is 3.00 bits per heavy atom. The van der Waals surface area contributed by atoms with E-state index >= 15 is 0 Å². The Kier molecular flexibility index (Phi) is 4.72. The molecule has 16 heavy (non-hydrogen) atoms. The first kappa shape index (κ1) is 12.4. The number of aromatic amines is 1. The molecule has 0 atom stereocenters. The third-order valence-electron chi connectivity index (χ3n) is 2.24. The van der Waals surface area contributed by atoms with Crippen molar-refractivity contribution >= 4 is 5.91 Å². The summed E-state index contributed by atoms with van der Waals surface area (Å²) in [5.74, 6) is -0.190. The lowest BCUT2D eigenvalue weighted by Crippen LogP contribution is -2.33. The van der Waals surface area contributed by atoms with Crippen molar-refractivity contribution < 1.29 is 9.90 Å². The van der Waals surface area contributed by atoms with Crippen LogP contribution in [0, 0.1) is 0 Å². The number of H-pyrrole nitrogens is 1. The van der Waals surface area contributed by atoms with Crippen LogP contribution in [0.15, 0.2) is 18.7 Å². The van der Waals surface area contributed by atoms with E-state index in [1.807, 2.05) is 6.92 Å². The molecular weight excluding hydrogens is 206 g/mol. The van der Waals surface area contributed by atoms with E-state index in [2.05, 4.69) is 16.8 Å². The van der Waals surface area contributed by atoms with Gasteiger partial charge in [0.25, 0.3) is 5.91 Å². The average Bonchev–Trinajstić information content (AvgIpc) is 2.76. The second kappa shape index (κ2) is 6.07. The molecule has 0 aliphatic carbocycles. The molecule has 1 rings (SSSR count). The van der Waals surface area contributed by atoms with E-state index < -0.39 is 0 Å². The maximum Gasteiger partial charge on any atom is 0.274 e. The summed E-state index contributed by atoms with van der Waals surface area (Å²) in [5, 5.41) is 15.6. The predicted molar refractivity (Wildman–Crippen MR) is 61.2 cm³/mol. The minimum Gasteiger partial charge on any atom is -0.395 e. The molecule has 0 spiro atoms. The number of carbonyl (C=O) groups is 1. The molecular formula is C11H17N3O2. The van der Waals surface area contributed by atoms with Gasteiger partial charge in [-0.3, -0.25) is 9.89 Å². The lowest BCUT2D eigenvalue weighted by Gasteiger charge is -2.18. The Hall–Kier alpha value is -1.62. The monoisotopic (exact) mass is 223 g/mol. The van der Waals surface area contributed by atoms with Crippen LogP contribution in [0.4, 0.5) is 0 Å². The molecule has 0 radical (unpaired) electrons. The largest absolute Gasteiger partial charge is 0.395 e. The zero-order valence-electron chi connectivity index (χ0n) is 9.44. The molecule has 0 aliphatic rings. The molecule has 0 saturated carbocycles. The van der Waals surface area contributed by atoms with E-state index in [9.17, 15) is 4.79 Å². The fourth-order valence-electron chi connectivity index (χ4n) is 1.37. The third kappa shape index (κ3) is 2.93. The van der Waals surface area contributed by atoms with E-state index in [1.54, 1.807) is 12.1 Å². The number of aryl methyl sites for hydroxylation is 1. The molecule has 5 heteroatoms. The Morgan fingerprint density at radius 1 is 1.75 bits per heavy atom. The van der Waals surface area contributed by atoms with Crippen molar-refractivity contribution in [2.24, 2.45) is 0 Å². The highest BCUT2D eigenvalue weighted by atomic mass is 16.3. The Morgan fingerprint density at radius 2 is 2.50 bits per heavy atom. The molecule has 2 N–H and O–H groups in total. The predicted octanol–water partition coefficient (Wildman–Crippen LogP) is 0.593. The number of rotatable bonds is 6. The highest BCUT2D eigenvalue weighted by molar-refractivity contribution is 5.92. The maximum absolute atomic E-state index is 11.9. The summed E-state index contributed by atoms with van der Waals surface area (Å²) in [6, 6.07) is 1.73.